The van der Waals surface area contributed by atoms with Crippen LogP contribution in [0, 0.1) is 0 Å². The Morgan fingerprint density at radius 2 is 1.69 bits per heavy atom. The van der Waals surface area contributed by atoms with Crippen LogP contribution in [0.2, 0.25) is 0 Å². The van der Waals surface area contributed by atoms with Gasteiger partial charge in [-0.15, -0.1) is 0 Å². The van der Waals surface area contributed by atoms with E-state index >= 15 is 0 Å². The van der Waals surface area contributed by atoms with Crippen molar-refractivity contribution in [3.8, 4) is 0 Å². The number of ether oxygens (including phenoxy) is 1. The minimum Gasteiger partial charge on any atom is -0.444 e. The monoisotopic (exact) mass is 447 g/mol. The van der Waals surface area contributed by atoms with Crippen LogP contribution in [0.1, 0.15) is 85.3 Å². The zero-order valence-electron chi connectivity index (χ0n) is 20.6. The summed E-state index contributed by atoms with van der Waals surface area (Å²) in [4.78, 5) is 40.2. The van der Waals surface area contributed by atoms with Gasteiger partial charge in [0.25, 0.3) is 0 Å². The summed E-state index contributed by atoms with van der Waals surface area (Å²) >= 11 is 0. The number of amides is 3. The van der Waals surface area contributed by atoms with Crippen molar-refractivity contribution in [1.82, 2.24) is 15.5 Å². The maximum atomic E-state index is 13.3. The van der Waals surface area contributed by atoms with Crippen LogP contribution in [0.4, 0.5) is 4.79 Å². The quantitative estimate of drug-likeness (QED) is 0.459. The first-order valence-corrected chi connectivity index (χ1v) is 11.7. The highest BCUT2D eigenvalue weighted by Crippen LogP contribution is 2.23. The number of hydrogen-bond acceptors (Lipinski definition) is 4. The van der Waals surface area contributed by atoms with Gasteiger partial charge in [0, 0.05) is 12.6 Å². The average molecular weight is 448 g/mol. The summed E-state index contributed by atoms with van der Waals surface area (Å²) in [7, 11) is 0. The summed E-state index contributed by atoms with van der Waals surface area (Å²) in [6.45, 7) is 11.6. The first-order valence-electron chi connectivity index (χ1n) is 11.7. The number of nitrogens with one attached hydrogen (secondary N) is 2. The molecule has 7 heteroatoms. The highest BCUT2D eigenvalue weighted by atomic mass is 16.6. The molecule has 0 aromatic heterocycles. The van der Waals surface area contributed by atoms with E-state index in [2.05, 4.69) is 24.5 Å². The van der Waals surface area contributed by atoms with Gasteiger partial charge in [-0.2, -0.15) is 0 Å². The van der Waals surface area contributed by atoms with Crippen molar-refractivity contribution in [2.45, 2.75) is 91.3 Å². The van der Waals surface area contributed by atoms with E-state index in [4.69, 9.17) is 4.74 Å². The van der Waals surface area contributed by atoms with Crippen molar-refractivity contribution in [2.75, 3.05) is 13.1 Å². The SMILES string of the molecule is CCCCCN(C(=O)CNC(=O)OC(C)(C)C)C(C(=O)NC(C)CCC)c1ccccc1. The highest BCUT2D eigenvalue weighted by Gasteiger charge is 2.32. The van der Waals surface area contributed by atoms with Crippen molar-refractivity contribution in [3.63, 3.8) is 0 Å². The summed E-state index contributed by atoms with van der Waals surface area (Å²) < 4.78 is 5.24. The number of nitrogens with zero attached hydrogens (tertiary/aromatic N) is 1. The van der Waals surface area contributed by atoms with E-state index in [0.717, 1.165) is 37.7 Å². The molecule has 2 N–H and O–H groups in total. The molecule has 1 aromatic rings. The maximum Gasteiger partial charge on any atom is 0.408 e. The van der Waals surface area contributed by atoms with E-state index in [-0.39, 0.29) is 24.4 Å². The molecule has 0 fully saturated rings. The third-order valence-electron chi connectivity index (χ3n) is 4.89. The summed E-state index contributed by atoms with van der Waals surface area (Å²) in [5.74, 6) is -0.529. The molecule has 2 atom stereocenters. The van der Waals surface area contributed by atoms with Gasteiger partial charge in [-0.25, -0.2) is 4.79 Å². The number of carbonyl (C=O) groups excluding carboxylic acids is 3. The molecule has 0 radical (unpaired) electrons. The second-order valence-electron chi connectivity index (χ2n) is 9.16. The topological polar surface area (TPSA) is 87.7 Å². The minimum absolute atomic E-state index is 0.00574. The first kappa shape index (κ1) is 27.5. The van der Waals surface area contributed by atoms with E-state index in [1.807, 2.05) is 37.3 Å². The minimum atomic E-state index is -0.764. The second-order valence-corrected chi connectivity index (χ2v) is 9.16. The first-order chi connectivity index (χ1) is 15.1. The van der Waals surface area contributed by atoms with Gasteiger partial charge in [0.1, 0.15) is 18.2 Å². The van der Waals surface area contributed by atoms with Gasteiger partial charge in [-0.05, 0) is 46.1 Å². The van der Waals surface area contributed by atoms with Crippen LogP contribution in [0.3, 0.4) is 0 Å². The molecule has 0 spiro atoms. The van der Waals surface area contributed by atoms with Gasteiger partial charge < -0.3 is 20.3 Å². The van der Waals surface area contributed by atoms with Crippen LogP contribution >= 0.6 is 0 Å². The Morgan fingerprint density at radius 3 is 2.25 bits per heavy atom. The molecule has 1 aromatic carbocycles. The fourth-order valence-electron chi connectivity index (χ4n) is 3.43. The predicted molar refractivity (Wildman–Crippen MR) is 127 cm³/mol. The van der Waals surface area contributed by atoms with E-state index in [9.17, 15) is 14.4 Å². The lowest BCUT2D eigenvalue weighted by Crippen LogP contribution is -2.49. The molecule has 0 saturated heterocycles. The Hall–Kier alpha value is -2.57. The third-order valence-corrected chi connectivity index (χ3v) is 4.89. The van der Waals surface area contributed by atoms with E-state index in [1.54, 1.807) is 25.7 Å². The van der Waals surface area contributed by atoms with Gasteiger partial charge in [-0.1, -0.05) is 63.4 Å². The van der Waals surface area contributed by atoms with Gasteiger partial charge in [0.15, 0.2) is 0 Å². The smallest absolute Gasteiger partial charge is 0.408 e. The molecule has 0 aliphatic heterocycles. The fourth-order valence-corrected chi connectivity index (χ4v) is 3.43. The third kappa shape index (κ3) is 10.2. The summed E-state index contributed by atoms with van der Waals surface area (Å²) in [6.07, 6.45) is 3.87. The highest BCUT2D eigenvalue weighted by molar-refractivity contribution is 5.90. The zero-order chi connectivity index (χ0) is 24.1. The van der Waals surface area contributed by atoms with Gasteiger partial charge in [0.2, 0.25) is 11.8 Å². The predicted octanol–water partition coefficient (Wildman–Crippen LogP) is 4.58. The molecular formula is C25H41N3O4. The van der Waals surface area contributed by atoms with Crippen molar-refractivity contribution in [1.29, 1.82) is 0 Å². The van der Waals surface area contributed by atoms with Crippen LogP contribution in [0.15, 0.2) is 30.3 Å². The second kappa shape index (κ2) is 13.8. The van der Waals surface area contributed by atoms with Crippen molar-refractivity contribution in [2.24, 2.45) is 0 Å². The molecule has 7 nitrogen and oxygen atoms in total. The summed E-state index contributed by atoms with van der Waals surface area (Å²) in [5.41, 5.74) is 0.0892. The standard InChI is InChI=1S/C25H41N3O4/c1-7-9-13-17-28(21(29)18-26-24(31)32-25(4,5)6)22(20-15-11-10-12-16-20)23(30)27-19(3)14-8-2/h10-12,15-16,19,22H,7-9,13-14,17-18H2,1-6H3,(H,26,31)(H,27,30). The van der Waals surface area contributed by atoms with Gasteiger partial charge in [-0.3, -0.25) is 9.59 Å². The normalized spacial score (nSPS) is 13.1. The molecule has 180 valence electrons. The summed E-state index contributed by atoms with van der Waals surface area (Å²) in [6, 6.07) is 8.56. The van der Waals surface area contributed by atoms with E-state index in [0.29, 0.717) is 6.54 Å². The number of hydrogen-bond donors (Lipinski definition) is 2. The van der Waals surface area contributed by atoms with Crippen LogP contribution in [-0.2, 0) is 14.3 Å². The molecule has 0 heterocycles. The van der Waals surface area contributed by atoms with Gasteiger partial charge >= 0.3 is 6.09 Å². The lowest BCUT2D eigenvalue weighted by molar-refractivity contribution is -0.140. The van der Waals surface area contributed by atoms with Crippen molar-refractivity contribution in [3.05, 3.63) is 35.9 Å². The van der Waals surface area contributed by atoms with E-state index < -0.39 is 17.7 Å². The molecule has 1 rings (SSSR count). The lowest BCUT2D eigenvalue weighted by atomic mass is 10.0. The van der Waals surface area contributed by atoms with Crippen molar-refractivity contribution < 1.29 is 19.1 Å². The number of unbranched alkanes of at least 4 members (excludes halogenated alkanes) is 2. The number of benzene rings is 1. The van der Waals surface area contributed by atoms with Crippen LogP contribution in [-0.4, -0.2) is 47.5 Å². The lowest BCUT2D eigenvalue weighted by Gasteiger charge is -2.32. The Kier molecular flexibility index (Phi) is 11.8. The Morgan fingerprint density at radius 1 is 1.03 bits per heavy atom. The van der Waals surface area contributed by atoms with Gasteiger partial charge in [0.05, 0.1) is 0 Å². The van der Waals surface area contributed by atoms with Crippen LogP contribution < -0.4 is 10.6 Å². The zero-order valence-corrected chi connectivity index (χ0v) is 20.6. The summed E-state index contributed by atoms with van der Waals surface area (Å²) in [5, 5.41) is 5.59. The number of alkyl carbamates (subject to hydrolysis) is 1. The Bertz CT molecular complexity index is 716. The molecule has 0 aliphatic carbocycles. The van der Waals surface area contributed by atoms with E-state index in [1.165, 1.54) is 0 Å². The Balaban J connectivity index is 3.11. The Labute approximate surface area is 193 Å². The molecular weight excluding hydrogens is 406 g/mol. The van der Waals surface area contributed by atoms with Crippen molar-refractivity contribution >= 4 is 17.9 Å². The fraction of sp³-hybridized carbons (Fsp3) is 0.640. The molecule has 0 aliphatic rings. The maximum absolute atomic E-state index is 13.3. The molecule has 2 unspecified atom stereocenters. The number of rotatable bonds is 12. The van der Waals surface area contributed by atoms with Crippen LogP contribution in [0.5, 0.6) is 0 Å². The molecule has 0 saturated carbocycles. The largest absolute Gasteiger partial charge is 0.444 e. The molecule has 0 bridgehead atoms. The molecule has 32 heavy (non-hydrogen) atoms. The average Bonchev–Trinajstić information content (AvgIpc) is 2.71. The molecule has 3 amide bonds. The van der Waals surface area contributed by atoms with Crippen LogP contribution in [0.25, 0.3) is 0 Å². The number of carbonyl (C=O) groups is 3.